The maximum absolute atomic E-state index is 4.51. The number of aliphatic imine (C=N–C) groups is 1. The minimum atomic E-state index is 1.10. The summed E-state index contributed by atoms with van der Waals surface area (Å²) in [5, 5.41) is 0. The summed E-state index contributed by atoms with van der Waals surface area (Å²) in [6, 6.07) is 0. The zero-order valence-corrected chi connectivity index (χ0v) is 10.4. The van der Waals surface area contributed by atoms with Gasteiger partial charge in [0.15, 0.2) is 0 Å². The minimum absolute atomic E-state index is 1.10. The molecule has 1 heteroatoms. The van der Waals surface area contributed by atoms with Crippen LogP contribution in [0.2, 0.25) is 0 Å². The highest BCUT2D eigenvalue weighted by atomic mass is 14.8. The maximum atomic E-state index is 4.51. The van der Waals surface area contributed by atoms with Crippen molar-refractivity contribution in [3.8, 4) is 0 Å². The van der Waals surface area contributed by atoms with Gasteiger partial charge in [0.05, 0.1) is 0 Å². The van der Waals surface area contributed by atoms with E-state index in [1.54, 1.807) is 0 Å². The predicted molar refractivity (Wildman–Crippen MR) is 68.8 cm³/mol. The zero-order valence-electron chi connectivity index (χ0n) is 10.4. The fraction of sp³-hybridized carbons (Fsp3) is 0.929. The standard InChI is InChI=1S/C14H27N/c1-2-3-4-5-6-7-8-9-11-14-12-10-13-15-14/h2-13H2,1H3. The fourth-order valence-electron chi connectivity index (χ4n) is 2.27. The summed E-state index contributed by atoms with van der Waals surface area (Å²) in [5.41, 5.74) is 1.50. The summed E-state index contributed by atoms with van der Waals surface area (Å²) in [5.74, 6) is 0. The van der Waals surface area contributed by atoms with E-state index in [0.717, 1.165) is 6.54 Å². The highest BCUT2D eigenvalue weighted by Crippen LogP contribution is 2.13. The van der Waals surface area contributed by atoms with Crippen molar-refractivity contribution in [3.63, 3.8) is 0 Å². The average Bonchev–Trinajstić information content (AvgIpc) is 2.75. The van der Waals surface area contributed by atoms with E-state index in [-0.39, 0.29) is 0 Å². The lowest BCUT2D eigenvalue weighted by Crippen LogP contribution is -1.92. The fourth-order valence-corrected chi connectivity index (χ4v) is 2.27. The summed E-state index contributed by atoms with van der Waals surface area (Å²) >= 11 is 0. The normalized spacial score (nSPS) is 15.7. The van der Waals surface area contributed by atoms with Crippen LogP contribution in [0.3, 0.4) is 0 Å². The van der Waals surface area contributed by atoms with Gasteiger partial charge in [0.1, 0.15) is 0 Å². The molecule has 88 valence electrons. The van der Waals surface area contributed by atoms with Crippen LogP contribution in [0.4, 0.5) is 0 Å². The Morgan fingerprint density at radius 2 is 1.60 bits per heavy atom. The maximum Gasteiger partial charge on any atom is 0.0392 e. The second kappa shape index (κ2) is 8.94. The first kappa shape index (κ1) is 12.7. The molecule has 0 atom stereocenters. The molecule has 15 heavy (non-hydrogen) atoms. The van der Waals surface area contributed by atoms with Crippen LogP contribution in [0, 0.1) is 0 Å². The Balaban J connectivity index is 1.77. The van der Waals surface area contributed by atoms with Crippen LogP contribution in [-0.4, -0.2) is 12.3 Å². The molecule has 1 heterocycles. The highest BCUT2D eigenvalue weighted by molar-refractivity contribution is 5.85. The monoisotopic (exact) mass is 209 g/mol. The Bertz CT molecular complexity index is 172. The SMILES string of the molecule is CCCCCCCCCCC1=NCCC1. The molecule has 0 bridgehead atoms. The zero-order chi connectivity index (χ0) is 10.8. The van der Waals surface area contributed by atoms with E-state index in [2.05, 4.69) is 11.9 Å². The third-order valence-electron chi connectivity index (χ3n) is 3.28. The van der Waals surface area contributed by atoms with Crippen LogP contribution in [0.1, 0.15) is 77.6 Å². The van der Waals surface area contributed by atoms with Crippen LogP contribution in [0.5, 0.6) is 0 Å². The van der Waals surface area contributed by atoms with Gasteiger partial charge in [-0.25, -0.2) is 0 Å². The van der Waals surface area contributed by atoms with Gasteiger partial charge in [-0.05, 0) is 25.7 Å². The number of unbranched alkanes of at least 4 members (excludes halogenated alkanes) is 7. The Morgan fingerprint density at radius 3 is 2.20 bits per heavy atom. The lowest BCUT2D eigenvalue weighted by atomic mass is 10.1. The van der Waals surface area contributed by atoms with E-state index in [4.69, 9.17) is 0 Å². The molecule has 0 N–H and O–H groups in total. The summed E-state index contributed by atoms with van der Waals surface area (Å²) in [7, 11) is 0. The number of hydrogen-bond acceptors (Lipinski definition) is 1. The summed E-state index contributed by atoms with van der Waals surface area (Å²) < 4.78 is 0. The van der Waals surface area contributed by atoms with Crippen LogP contribution in [0.25, 0.3) is 0 Å². The Labute approximate surface area is 95.4 Å². The molecule has 0 amide bonds. The van der Waals surface area contributed by atoms with Crippen molar-refractivity contribution < 1.29 is 0 Å². The molecule has 0 aliphatic carbocycles. The van der Waals surface area contributed by atoms with Crippen molar-refractivity contribution >= 4 is 5.71 Å². The van der Waals surface area contributed by atoms with Crippen LogP contribution in [-0.2, 0) is 0 Å². The Morgan fingerprint density at radius 1 is 0.933 bits per heavy atom. The second-order valence-corrected chi connectivity index (χ2v) is 4.78. The van der Waals surface area contributed by atoms with E-state index >= 15 is 0 Å². The largest absolute Gasteiger partial charge is 0.294 e. The number of rotatable bonds is 9. The van der Waals surface area contributed by atoms with Crippen LogP contribution in [0.15, 0.2) is 4.99 Å². The molecular formula is C14H27N. The molecule has 1 rings (SSSR count). The van der Waals surface area contributed by atoms with E-state index in [9.17, 15) is 0 Å². The van der Waals surface area contributed by atoms with Gasteiger partial charge in [-0.3, -0.25) is 4.99 Å². The van der Waals surface area contributed by atoms with Gasteiger partial charge in [-0.15, -0.1) is 0 Å². The summed E-state index contributed by atoms with van der Waals surface area (Å²) in [6.45, 7) is 3.38. The van der Waals surface area contributed by atoms with Crippen molar-refractivity contribution in [2.45, 2.75) is 77.6 Å². The lowest BCUT2D eigenvalue weighted by Gasteiger charge is -2.01. The predicted octanol–water partition coefficient (Wildman–Crippen LogP) is 4.75. The smallest absolute Gasteiger partial charge is 0.0392 e. The summed E-state index contributed by atoms with van der Waals surface area (Å²) in [6.07, 6.45) is 15.3. The Hall–Kier alpha value is -0.330. The van der Waals surface area contributed by atoms with Gasteiger partial charge in [0.25, 0.3) is 0 Å². The molecule has 0 saturated heterocycles. The quantitative estimate of drug-likeness (QED) is 0.486. The van der Waals surface area contributed by atoms with E-state index in [1.165, 1.54) is 76.3 Å². The highest BCUT2D eigenvalue weighted by Gasteiger charge is 2.04. The van der Waals surface area contributed by atoms with Crippen molar-refractivity contribution in [2.75, 3.05) is 6.54 Å². The lowest BCUT2D eigenvalue weighted by molar-refractivity contribution is 0.579. The number of hydrogen-bond donors (Lipinski definition) is 0. The molecule has 1 nitrogen and oxygen atoms in total. The van der Waals surface area contributed by atoms with E-state index in [0.29, 0.717) is 0 Å². The molecule has 0 saturated carbocycles. The average molecular weight is 209 g/mol. The van der Waals surface area contributed by atoms with Crippen molar-refractivity contribution in [2.24, 2.45) is 4.99 Å². The number of nitrogens with zero attached hydrogens (tertiary/aromatic N) is 1. The third kappa shape index (κ3) is 6.70. The van der Waals surface area contributed by atoms with Gasteiger partial charge in [-0.1, -0.05) is 51.9 Å². The molecule has 0 aromatic carbocycles. The molecule has 0 aromatic heterocycles. The van der Waals surface area contributed by atoms with Gasteiger partial charge < -0.3 is 0 Å². The van der Waals surface area contributed by atoms with Crippen molar-refractivity contribution in [1.82, 2.24) is 0 Å². The van der Waals surface area contributed by atoms with E-state index in [1.807, 2.05) is 0 Å². The third-order valence-corrected chi connectivity index (χ3v) is 3.28. The molecular weight excluding hydrogens is 182 g/mol. The molecule has 1 aliphatic heterocycles. The second-order valence-electron chi connectivity index (χ2n) is 4.78. The first-order chi connectivity index (χ1) is 7.43. The first-order valence-corrected chi connectivity index (χ1v) is 6.95. The van der Waals surface area contributed by atoms with Crippen LogP contribution < -0.4 is 0 Å². The minimum Gasteiger partial charge on any atom is -0.294 e. The van der Waals surface area contributed by atoms with Gasteiger partial charge in [0.2, 0.25) is 0 Å². The summed E-state index contributed by atoms with van der Waals surface area (Å²) in [4.78, 5) is 4.51. The van der Waals surface area contributed by atoms with Gasteiger partial charge in [-0.2, -0.15) is 0 Å². The molecule has 0 fully saturated rings. The topological polar surface area (TPSA) is 12.4 Å². The molecule has 0 spiro atoms. The first-order valence-electron chi connectivity index (χ1n) is 6.95. The van der Waals surface area contributed by atoms with Crippen molar-refractivity contribution in [3.05, 3.63) is 0 Å². The Kier molecular flexibility index (Phi) is 7.59. The van der Waals surface area contributed by atoms with Gasteiger partial charge >= 0.3 is 0 Å². The molecule has 0 radical (unpaired) electrons. The van der Waals surface area contributed by atoms with Crippen LogP contribution >= 0.6 is 0 Å². The van der Waals surface area contributed by atoms with E-state index < -0.39 is 0 Å². The van der Waals surface area contributed by atoms with Gasteiger partial charge in [0, 0.05) is 12.3 Å². The molecule has 0 unspecified atom stereocenters. The molecule has 1 aliphatic rings. The van der Waals surface area contributed by atoms with Crippen molar-refractivity contribution in [1.29, 1.82) is 0 Å². The molecule has 0 aromatic rings.